The van der Waals surface area contributed by atoms with Gasteiger partial charge in [0.15, 0.2) is 0 Å². The second-order valence-corrected chi connectivity index (χ2v) is 7.18. The number of nitrogens with one attached hydrogen (secondary N) is 1. The molecule has 0 fully saturated rings. The van der Waals surface area contributed by atoms with Gasteiger partial charge < -0.3 is 4.90 Å². The van der Waals surface area contributed by atoms with Crippen molar-refractivity contribution in [3.8, 4) is 0 Å². The van der Waals surface area contributed by atoms with E-state index < -0.39 is 4.92 Å². The highest BCUT2D eigenvalue weighted by Gasteiger charge is 2.29. The minimum Gasteiger partial charge on any atom is -0.363 e. The molecule has 0 atom stereocenters. The molecule has 0 saturated heterocycles. The first-order valence-corrected chi connectivity index (χ1v) is 8.97. The van der Waals surface area contributed by atoms with Crippen molar-refractivity contribution in [3.63, 3.8) is 0 Å². The fraction of sp³-hybridized carbons (Fsp3) is 0.286. The van der Waals surface area contributed by atoms with Gasteiger partial charge in [0, 0.05) is 29.9 Å². The minimum absolute atomic E-state index is 0.00108. The number of allylic oxidation sites excluding steroid dienone is 1. The Hall–Kier alpha value is -3.15. The molecule has 1 aliphatic heterocycles. The van der Waals surface area contributed by atoms with Crippen LogP contribution in [0.3, 0.4) is 0 Å². The van der Waals surface area contributed by atoms with E-state index in [0.717, 1.165) is 12.1 Å². The predicted molar refractivity (Wildman–Crippen MR) is 112 cm³/mol. The van der Waals surface area contributed by atoms with Gasteiger partial charge in [-0.05, 0) is 63.1 Å². The first kappa shape index (κ1) is 18.6. The van der Waals surface area contributed by atoms with Gasteiger partial charge in [-0.2, -0.15) is 5.10 Å². The molecule has 0 spiro atoms. The molecule has 0 radical (unpaired) electrons. The summed E-state index contributed by atoms with van der Waals surface area (Å²) in [5.41, 5.74) is 8.37. The van der Waals surface area contributed by atoms with Crippen molar-refractivity contribution in [1.82, 2.24) is 0 Å². The van der Waals surface area contributed by atoms with Gasteiger partial charge in [-0.1, -0.05) is 12.1 Å². The predicted octanol–water partition coefficient (Wildman–Crippen LogP) is 5.06. The Morgan fingerprint density at radius 1 is 1.22 bits per heavy atom. The normalized spacial score (nSPS) is 15.4. The highest BCUT2D eigenvalue weighted by Crippen LogP contribution is 2.38. The Kier molecular flexibility index (Phi) is 4.99. The summed E-state index contributed by atoms with van der Waals surface area (Å²) in [6, 6.07) is 12.5. The van der Waals surface area contributed by atoms with Crippen molar-refractivity contribution in [1.29, 1.82) is 0 Å². The molecule has 3 rings (SSSR count). The molecule has 2 aromatic rings. The maximum atomic E-state index is 10.7. The number of fused-ring (bicyclic) bond motifs is 1. The quantitative estimate of drug-likeness (QED) is 0.457. The molecule has 0 aromatic heterocycles. The van der Waals surface area contributed by atoms with E-state index in [0.29, 0.717) is 5.69 Å². The summed E-state index contributed by atoms with van der Waals surface area (Å²) < 4.78 is 0. The summed E-state index contributed by atoms with van der Waals surface area (Å²) in [5, 5.41) is 14.9. The van der Waals surface area contributed by atoms with Crippen LogP contribution in [0, 0.1) is 10.1 Å². The van der Waals surface area contributed by atoms with Crippen LogP contribution >= 0.6 is 0 Å². The molecule has 0 saturated carbocycles. The fourth-order valence-corrected chi connectivity index (χ4v) is 3.60. The van der Waals surface area contributed by atoms with Gasteiger partial charge in [0.25, 0.3) is 5.69 Å². The van der Waals surface area contributed by atoms with Gasteiger partial charge in [0.1, 0.15) is 0 Å². The number of rotatable bonds is 5. The lowest BCUT2D eigenvalue weighted by Crippen LogP contribution is -2.44. The Bertz CT molecular complexity index is 914. The second-order valence-electron chi connectivity index (χ2n) is 7.18. The first-order chi connectivity index (χ1) is 12.8. The molecule has 0 unspecified atom stereocenters. The third-order valence-corrected chi connectivity index (χ3v) is 4.80. The van der Waals surface area contributed by atoms with E-state index in [-0.39, 0.29) is 11.2 Å². The standard InChI is InChI=1S/C21H24N4O2/c1-5-24-20-11-6-16(12-19(20)15(2)13-21(24,3)4)14-22-23-17-7-9-18(10-8-17)25(26)27/h6-14,23H,5H2,1-4H3/b22-14+. The molecular formula is C21H24N4O2. The minimum atomic E-state index is -0.420. The number of hydrogen-bond donors (Lipinski definition) is 1. The smallest absolute Gasteiger partial charge is 0.269 e. The molecule has 0 bridgehead atoms. The van der Waals surface area contributed by atoms with E-state index >= 15 is 0 Å². The van der Waals surface area contributed by atoms with Crippen molar-refractivity contribution in [3.05, 3.63) is 69.8 Å². The summed E-state index contributed by atoms with van der Waals surface area (Å²) in [6.45, 7) is 9.71. The van der Waals surface area contributed by atoms with Crippen molar-refractivity contribution in [2.45, 2.75) is 33.2 Å². The van der Waals surface area contributed by atoms with E-state index in [9.17, 15) is 10.1 Å². The van der Waals surface area contributed by atoms with E-state index in [4.69, 9.17) is 0 Å². The van der Waals surface area contributed by atoms with Crippen molar-refractivity contribution >= 4 is 28.8 Å². The monoisotopic (exact) mass is 364 g/mol. The molecule has 1 aliphatic rings. The van der Waals surface area contributed by atoms with Gasteiger partial charge in [-0.3, -0.25) is 15.5 Å². The van der Waals surface area contributed by atoms with Crippen molar-refractivity contribution in [2.24, 2.45) is 5.10 Å². The Balaban J connectivity index is 1.78. The topological polar surface area (TPSA) is 70.8 Å². The van der Waals surface area contributed by atoms with E-state index in [1.54, 1.807) is 18.3 Å². The number of nitrogens with zero attached hydrogens (tertiary/aromatic N) is 3. The Morgan fingerprint density at radius 3 is 2.56 bits per heavy atom. The Labute approximate surface area is 159 Å². The fourth-order valence-electron chi connectivity index (χ4n) is 3.60. The third-order valence-electron chi connectivity index (χ3n) is 4.80. The molecule has 6 heteroatoms. The largest absolute Gasteiger partial charge is 0.363 e. The first-order valence-electron chi connectivity index (χ1n) is 8.97. The van der Waals surface area contributed by atoms with E-state index in [1.807, 2.05) is 0 Å². The molecule has 1 N–H and O–H groups in total. The van der Waals surface area contributed by atoms with Crippen LogP contribution in [0.2, 0.25) is 0 Å². The third kappa shape index (κ3) is 3.84. The second kappa shape index (κ2) is 7.23. The lowest BCUT2D eigenvalue weighted by Gasteiger charge is -2.42. The van der Waals surface area contributed by atoms with Crippen LogP contribution in [-0.2, 0) is 0 Å². The summed E-state index contributed by atoms with van der Waals surface area (Å²) in [4.78, 5) is 12.7. The zero-order valence-corrected chi connectivity index (χ0v) is 16.1. The number of non-ortho nitro benzene ring substituents is 1. The van der Waals surface area contributed by atoms with Crippen LogP contribution in [0.1, 0.15) is 38.8 Å². The summed E-state index contributed by atoms with van der Waals surface area (Å²) in [6.07, 6.45) is 4.06. The molecule has 6 nitrogen and oxygen atoms in total. The zero-order valence-electron chi connectivity index (χ0n) is 16.1. The summed E-state index contributed by atoms with van der Waals surface area (Å²) >= 11 is 0. The van der Waals surface area contributed by atoms with Gasteiger partial charge >= 0.3 is 0 Å². The van der Waals surface area contributed by atoms with Gasteiger partial charge in [-0.15, -0.1) is 0 Å². The molecule has 2 aromatic carbocycles. The summed E-state index contributed by atoms with van der Waals surface area (Å²) in [5.74, 6) is 0. The highest BCUT2D eigenvalue weighted by molar-refractivity contribution is 5.88. The molecule has 140 valence electrons. The lowest BCUT2D eigenvalue weighted by molar-refractivity contribution is -0.384. The van der Waals surface area contributed by atoms with Crippen molar-refractivity contribution in [2.75, 3.05) is 16.9 Å². The lowest BCUT2D eigenvalue weighted by atomic mass is 9.88. The average Bonchev–Trinajstić information content (AvgIpc) is 2.62. The van der Waals surface area contributed by atoms with Gasteiger partial charge in [0.05, 0.1) is 22.4 Å². The number of likely N-dealkylation sites (N-methyl/N-ethyl adjacent to an activating group) is 1. The van der Waals surface area contributed by atoms with E-state index in [1.165, 1.54) is 29.0 Å². The SMILES string of the molecule is CCN1c2ccc(/C=N/Nc3ccc([N+](=O)[O-])cc3)cc2C(C)=CC1(C)C. The average molecular weight is 364 g/mol. The highest BCUT2D eigenvalue weighted by atomic mass is 16.6. The molecular weight excluding hydrogens is 340 g/mol. The maximum absolute atomic E-state index is 10.7. The van der Waals surface area contributed by atoms with Gasteiger partial charge in [0.2, 0.25) is 0 Å². The van der Waals surface area contributed by atoms with Crippen molar-refractivity contribution < 1.29 is 4.92 Å². The molecule has 0 aliphatic carbocycles. The molecule has 0 amide bonds. The van der Waals surface area contributed by atoms with E-state index in [2.05, 4.69) is 67.4 Å². The molecule has 27 heavy (non-hydrogen) atoms. The summed E-state index contributed by atoms with van der Waals surface area (Å²) in [7, 11) is 0. The maximum Gasteiger partial charge on any atom is 0.269 e. The Morgan fingerprint density at radius 2 is 1.93 bits per heavy atom. The number of hydrogen-bond acceptors (Lipinski definition) is 5. The number of hydrazone groups is 1. The number of nitro groups is 1. The van der Waals surface area contributed by atoms with Crippen LogP contribution in [0.4, 0.5) is 17.1 Å². The van der Waals surface area contributed by atoms with Gasteiger partial charge in [-0.25, -0.2) is 0 Å². The van der Waals surface area contributed by atoms with Crippen LogP contribution in [0.5, 0.6) is 0 Å². The number of anilines is 2. The van der Waals surface area contributed by atoms with Crippen LogP contribution in [0.15, 0.2) is 53.6 Å². The number of benzene rings is 2. The number of nitro benzene ring substituents is 1. The zero-order chi connectivity index (χ0) is 19.6. The molecule has 1 heterocycles. The van der Waals surface area contributed by atoms with Crippen LogP contribution in [-0.4, -0.2) is 23.2 Å². The van der Waals surface area contributed by atoms with Crippen LogP contribution < -0.4 is 10.3 Å². The van der Waals surface area contributed by atoms with Crippen LogP contribution in [0.25, 0.3) is 5.57 Å².